The fourth-order valence-corrected chi connectivity index (χ4v) is 3.98. The van der Waals surface area contributed by atoms with Gasteiger partial charge < -0.3 is 15.6 Å². The highest BCUT2D eigenvalue weighted by molar-refractivity contribution is 6.05. The van der Waals surface area contributed by atoms with Gasteiger partial charge in [-0.2, -0.15) is 5.10 Å². The number of hydrogen-bond donors (Lipinski definition) is 2. The number of alkyl halides is 1. The van der Waals surface area contributed by atoms with Gasteiger partial charge >= 0.3 is 0 Å². The molecule has 3 aromatic rings. The molecule has 0 bridgehead atoms. The van der Waals surface area contributed by atoms with E-state index in [4.69, 9.17) is 5.73 Å². The zero-order valence-corrected chi connectivity index (χ0v) is 14.6. The molecule has 26 heavy (non-hydrogen) atoms. The lowest BCUT2D eigenvalue weighted by molar-refractivity contribution is 0.100. The molecule has 1 fully saturated rings. The first-order valence-electron chi connectivity index (χ1n) is 8.70. The van der Waals surface area contributed by atoms with Gasteiger partial charge in [0.05, 0.1) is 17.3 Å². The van der Waals surface area contributed by atoms with E-state index in [9.17, 15) is 13.6 Å². The van der Waals surface area contributed by atoms with Crippen molar-refractivity contribution >= 4 is 22.6 Å². The lowest BCUT2D eigenvalue weighted by Gasteiger charge is -2.38. The summed E-state index contributed by atoms with van der Waals surface area (Å²) in [6.45, 7) is 3.93. The number of nitrogens with zero attached hydrogens (tertiary/aromatic N) is 3. The highest BCUT2D eigenvalue weighted by Gasteiger charge is 2.35. The van der Waals surface area contributed by atoms with E-state index < -0.39 is 11.7 Å². The van der Waals surface area contributed by atoms with Gasteiger partial charge in [-0.25, -0.2) is 13.3 Å². The average molecular weight is 361 g/mol. The van der Waals surface area contributed by atoms with E-state index in [1.165, 1.54) is 6.07 Å². The van der Waals surface area contributed by atoms with Crippen LogP contribution in [0.15, 0.2) is 18.3 Å². The molecule has 0 unspecified atom stereocenters. The quantitative estimate of drug-likeness (QED) is 0.749. The van der Waals surface area contributed by atoms with Crippen molar-refractivity contribution in [1.29, 1.82) is 0 Å². The third-order valence-electron chi connectivity index (χ3n) is 5.58. The smallest absolute Gasteiger partial charge is 0.251 e. The summed E-state index contributed by atoms with van der Waals surface area (Å²) in [6.07, 6.45) is 3.55. The van der Waals surface area contributed by atoms with Crippen LogP contribution in [-0.2, 0) is 5.41 Å². The maximum Gasteiger partial charge on any atom is 0.251 e. The molecule has 2 aromatic heterocycles. The number of aromatic amines is 1. The van der Waals surface area contributed by atoms with Gasteiger partial charge in [0.25, 0.3) is 5.91 Å². The Morgan fingerprint density at radius 1 is 1.38 bits per heavy atom. The minimum Gasteiger partial charge on any atom is -0.366 e. The number of hydrogen-bond acceptors (Lipinski definition) is 3. The van der Waals surface area contributed by atoms with Crippen LogP contribution in [-0.4, -0.2) is 51.7 Å². The standard InChI is InChI=1S/C18H21F2N5O/c1-18(2-5-24(6-3-18)7-4-19)13-10-22-25-15-12(16(21)26)8-11(20)9-14(15)23-17(13)25/h8-10,23H,2-7H2,1H3,(H2,21,26). The summed E-state index contributed by atoms with van der Waals surface area (Å²) < 4.78 is 28.1. The van der Waals surface area contributed by atoms with E-state index in [1.807, 2.05) is 0 Å². The van der Waals surface area contributed by atoms with Gasteiger partial charge in [0.1, 0.15) is 23.7 Å². The predicted molar refractivity (Wildman–Crippen MR) is 94.5 cm³/mol. The number of fused-ring (bicyclic) bond motifs is 3. The minimum atomic E-state index is -0.696. The van der Waals surface area contributed by atoms with Crippen molar-refractivity contribution in [1.82, 2.24) is 19.5 Å². The number of aromatic nitrogens is 3. The molecular weight excluding hydrogens is 340 g/mol. The third kappa shape index (κ3) is 2.56. The number of amides is 1. The minimum absolute atomic E-state index is 0.101. The maximum atomic E-state index is 13.8. The van der Waals surface area contributed by atoms with Crippen LogP contribution in [0, 0.1) is 5.82 Å². The Hall–Kier alpha value is -2.48. The Morgan fingerprint density at radius 3 is 2.77 bits per heavy atom. The topological polar surface area (TPSA) is 79.4 Å². The van der Waals surface area contributed by atoms with Gasteiger partial charge in [-0.1, -0.05) is 6.92 Å². The van der Waals surface area contributed by atoms with Gasteiger partial charge in [0.15, 0.2) is 0 Å². The SMILES string of the molecule is CC1(c2cnn3c2[nH]c2cc(F)cc(C(N)=O)c23)CCN(CCF)CC1. The number of benzene rings is 1. The number of halogens is 2. The van der Waals surface area contributed by atoms with E-state index >= 15 is 0 Å². The van der Waals surface area contributed by atoms with Crippen LogP contribution in [0.3, 0.4) is 0 Å². The average Bonchev–Trinajstić information content (AvgIpc) is 3.15. The first-order valence-corrected chi connectivity index (χ1v) is 8.70. The van der Waals surface area contributed by atoms with Crippen LogP contribution in [0.25, 0.3) is 16.7 Å². The fourth-order valence-electron chi connectivity index (χ4n) is 3.98. The maximum absolute atomic E-state index is 13.8. The van der Waals surface area contributed by atoms with Crippen molar-refractivity contribution < 1.29 is 13.6 Å². The predicted octanol–water partition coefficient (Wildman–Crippen LogP) is 2.38. The molecule has 8 heteroatoms. The first-order chi connectivity index (χ1) is 12.4. The number of nitrogens with one attached hydrogen (secondary N) is 1. The zero-order valence-electron chi connectivity index (χ0n) is 14.6. The lowest BCUT2D eigenvalue weighted by Crippen LogP contribution is -2.41. The van der Waals surface area contributed by atoms with Crippen molar-refractivity contribution in [2.45, 2.75) is 25.2 Å². The first kappa shape index (κ1) is 17.0. The molecule has 3 N–H and O–H groups in total. The molecule has 6 nitrogen and oxygen atoms in total. The van der Waals surface area contributed by atoms with Crippen LogP contribution < -0.4 is 5.73 Å². The molecular formula is C18H21F2N5O. The van der Waals surface area contributed by atoms with Crippen LogP contribution in [0.2, 0.25) is 0 Å². The summed E-state index contributed by atoms with van der Waals surface area (Å²) in [7, 11) is 0. The number of nitrogens with two attached hydrogens (primary N) is 1. The molecule has 4 rings (SSSR count). The summed E-state index contributed by atoms with van der Waals surface area (Å²) in [5.41, 5.74) is 8.13. The highest BCUT2D eigenvalue weighted by atomic mass is 19.1. The van der Waals surface area contributed by atoms with E-state index in [0.717, 1.165) is 43.2 Å². The number of primary amides is 1. The van der Waals surface area contributed by atoms with Crippen LogP contribution in [0.5, 0.6) is 0 Å². The van der Waals surface area contributed by atoms with Gasteiger partial charge in [-0.3, -0.25) is 4.79 Å². The van der Waals surface area contributed by atoms with Gasteiger partial charge in [0.2, 0.25) is 0 Å². The third-order valence-corrected chi connectivity index (χ3v) is 5.58. The highest BCUT2D eigenvalue weighted by Crippen LogP contribution is 2.38. The Bertz CT molecular complexity index is 984. The van der Waals surface area contributed by atoms with Crippen molar-refractivity contribution in [2.24, 2.45) is 5.73 Å². The normalized spacial score (nSPS) is 18.0. The molecule has 0 radical (unpaired) electrons. The van der Waals surface area contributed by atoms with Crippen molar-refractivity contribution in [2.75, 3.05) is 26.3 Å². The monoisotopic (exact) mass is 361 g/mol. The lowest BCUT2D eigenvalue weighted by atomic mass is 9.75. The van der Waals surface area contributed by atoms with Crippen LogP contribution in [0.1, 0.15) is 35.7 Å². The molecule has 0 aliphatic carbocycles. The molecule has 138 valence electrons. The number of piperidine rings is 1. The second kappa shape index (κ2) is 6.05. The van der Waals surface area contributed by atoms with Crippen molar-refractivity contribution in [3.8, 4) is 0 Å². The summed E-state index contributed by atoms with van der Waals surface area (Å²) in [6, 6.07) is 2.48. The number of likely N-dealkylation sites (tertiary alicyclic amines) is 1. The zero-order chi connectivity index (χ0) is 18.5. The van der Waals surface area contributed by atoms with E-state index in [-0.39, 0.29) is 17.7 Å². The van der Waals surface area contributed by atoms with E-state index in [0.29, 0.717) is 17.6 Å². The van der Waals surface area contributed by atoms with E-state index in [1.54, 1.807) is 10.7 Å². The molecule has 1 aliphatic rings. The molecule has 1 saturated heterocycles. The molecule has 1 aliphatic heterocycles. The Morgan fingerprint density at radius 2 is 2.12 bits per heavy atom. The number of H-pyrrole nitrogens is 1. The Kier molecular flexibility index (Phi) is 3.95. The molecule has 0 atom stereocenters. The largest absolute Gasteiger partial charge is 0.366 e. The van der Waals surface area contributed by atoms with Crippen molar-refractivity contribution in [3.05, 3.63) is 35.3 Å². The number of rotatable bonds is 4. The molecule has 1 aromatic carbocycles. The van der Waals surface area contributed by atoms with Gasteiger partial charge in [0, 0.05) is 17.5 Å². The van der Waals surface area contributed by atoms with Gasteiger partial charge in [-0.15, -0.1) is 0 Å². The molecule has 0 spiro atoms. The van der Waals surface area contributed by atoms with Crippen molar-refractivity contribution in [3.63, 3.8) is 0 Å². The summed E-state index contributed by atoms with van der Waals surface area (Å²) in [5.74, 6) is -1.22. The number of carbonyl (C=O) groups excluding carboxylic acids is 1. The second-order valence-corrected chi connectivity index (χ2v) is 7.25. The summed E-state index contributed by atoms with van der Waals surface area (Å²) in [4.78, 5) is 17.1. The number of carbonyl (C=O) groups is 1. The molecule has 3 heterocycles. The Balaban J connectivity index is 1.81. The molecule has 1 amide bonds. The van der Waals surface area contributed by atoms with E-state index in [2.05, 4.69) is 21.9 Å². The molecule has 0 saturated carbocycles. The Labute approximate surface area is 148 Å². The van der Waals surface area contributed by atoms with Crippen LogP contribution in [0.4, 0.5) is 8.78 Å². The second-order valence-electron chi connectivity index (χ2n) is 7.25. The number of imidazole rings is 1. The summed E-state index contributed by atoms with van der Waals surface area (Å²) in [5, 5.41) is 4.44. The summed E-state index contributed by atoms with van der Waals surface area (Å²) >= 11 is 0. The van der Waals surface area contributed by atoms with Gasteiger partial charge in [-0.05, 0) is 38.1 Å². The fraction of sp³-hybridized carbons (Fsp3) is 0.444. The van der Waals surface area contributed by atoms with Crippen LogP contribution >= 0.6 is 0 Å².